The molecule has 7 heavy (non-hydrogen) atoms. The van der Waals surface area contributed by atoms with Crippen molar-refractivity contribution in [3.63, 3.8) is 0 Å². The van der Waals surface area contributed by atoms with E-state index in [1.807, 2.05) is 0 Å². The van der Waals surface area contributed by atoms with Crippen LogP contribution in [0.4, 0.5) is 0 Å². The highest BCUT2D eigenvalue weighted by molar-refractivity contribution is 6.95. The minimum Gasteiger partial charge on any atom is -0.171 e. The summed E-state index contributed by atoms with van der Waals surface area (Å²) in [6, 6.07) is 0. The zero-order chi connectivity index (χ0) is 5.70. The molecular weight excluding hydrogens is 170 g/mol. The lowest BCUT2D eigenvalue weighted by molar-refractivity contribution is 1.09. The first-order valence-corrected chi connectivity index (χ1v) is 4.99. The van der Waals surface area contributed by atoms with Gasteiger partial charge in [-0.1, -0.05) is 0 Å². The molecule has 0 unspecified atom stereocenters. The summed E-state index contributed by atoms with van der Waals surface area (Å²) in [5, 5.41) is 0. The molecule has 0 amide bonds. The minimum atomic E-state index is 0.310. The number of hydrogen-bond acceptors (Lipinski definition) is 0. The number of hydrogen-bond donors (Lipinski definition) is 0. The van der Waals surface area contributed by atoms with Crippen molar-refractivity contribution in [3.8, 4) is 0 Å². The van der Waals surface area contributed by atoms with Gasteiger partial charge in [-0.2, -0.15) is 11.1 Å². The Labute approximate surface area is 60.7 Å². The van der Waals surface area contributed by atoms with Crippen LogP contribution in [0.15, 0.2) is 0 Å². The summed E-state index contributed by atoms with van der Waals surface area (Å²) in [6.45, 7) is 0. The first kappa shape index (κ1) is 8.09. The molecule has 0 spiro atoms. The predicted molar refractivity (Wildman–Crippen MR) is 36.8 cm³/mol. The van der Waals surface area contributed by atoms with Crippen LogP contribution in [0, 0.1) is 0 Å². The summed E-state index contributed by atoms with van der Waals surface area (Å²) in [5.41, 5.74) is 0.310. The van der Waals surface area contributed by atoms with Crippen molar-refractivity contribution in [1.29, 1.82) is 0 Å². The van der Waals surface area contributed by atoms with Crippen molar-refractivity contribution in [3.05, 3.63) is 0 Å². The summed E-state index contributed by atoms with van der Waals surface area (Å²) in [4.78, 5) is 0. The van der Waals surface area contributed by atoms with E-state index in [1.54, 1.807) is 0 Å². The molecule has 0 aromatic heterocycles. The number of alkyl halides is 2. The lowest BCUT2D eigenvalue weighted by Gasteiger charge is -1.98. The quantitative estimate of drug-likeness (QED) is 0.350. The fourth-order valence-electron chi connectivity index (χ4n) is 0.0996. The highest BCUT2D eigenvalue weighted by Crippen LogP contribution is 2.08. The van der Waals surface area contributed by atoms with E-state index in [1.165, 1.54) is 0 Å². The van der Waals surface area contributed by atoms with Gasteiger partial charge in [-0.05, 0) is 5.54 Å². The molecule has 0 rings (SSSR count). The molecule has 0 heterocycles. The molecule has 0 bridgehead atoms. The Morgan fingerprint density at radius 2 is 1.71 bits per heavy atom. The maximum Gasteiger partial charge on any atom is 0.177 e. The molecule has 0 N–H and O–H groups in total. The van der Waals surface area contributed by atoms with Crippen molar-refractivity contribution in [2.75, 3.05) is 11.8 Å². The van der Waals surface area contributed by atoms with E-state index < -0.39 is 0 Å². The molecule has 0 nitrogen and oxygen atoms in total. The van der Waals surface area contributed by atoms with Gasteiger partial charge in [0, 0.05) is 11.8 Å². The van der Waals surface area contributed by atoms with Gasteiger partial charge in [0.25, 0.3) is 0 Å². The van der Waals surface area contributed by atoms with Crippen molar-refractivity contribution in [1.82, 2.24) is 0 Å². The first-order chi connectivity index (χ1) is 3.35. The van der Waals surface area contributed by atoms with Crippen LogP contribution in [-0.2, 0) is 0 Å². The van der Waals surface area contributed by atoms with Gasteiger partial charge in [0.15, 0.2) is 8.83 Å². The molecule has 0 aliphatic rings. The van der Waals surface area contributed by atoms with Gasteiger partial charge in [0.1, 0.15) is 0 Å². The molecule has 42 valence electrons. The second kappa shape index (κ2) is 5.23. The molecule has 4 heteroatoms. The third-order valence-corrected chi connectivity index (χ3v) is 3.43. The van der Waals surface area contributed by atoms with Crippen LogP contribution in [0.3, 0.4) is 0 Å². The Hall–Kier alpha value is 1.09. The monoisotopic (exact) mass is 174 g/mol. The molecule has 0 saturated heterocycles. The Kier molecular flexibility index (Phi) is 6.04. The van der Waals surface area contributed by atoms with Gasteiger partial charge in [0.05, 0.1) is 0 Å². The Bertz CT molecular complexity index is 31.7. The van der Waals surface area contributed by atoms with Crippen LogP contribution in [0.2, 0.25) is 5.54 Å². The fraction of sp³-hybridized carbons (Fsp3) is 1.00. The van der Waals surface area contributed by atoms with Gasteiger partial charge in [-0.3, -0.25) is 0 Å². The summed E-state index contributed by atoms with van der Waals surface area (Å²) in [6.07, 6.45) is 0. The van der Waals surface area contributed by atoms with E-state index in [-0.39, 0.29) is 0 Å². The molecule has 0 saturated carbocycles. The van der Waals surface area contributed by atoms with Crippen molar-refractivity contribution < 1.29 is 0 Å². The molecule has 0 aliphatic heterocycles. The number of rotatable bonds is 3. The van der Waals surface area contributed by atoms with E-state index in [0.717, 1.165) is 0 Å². The second-order valence-electron chi connectivity index (χ2n) is 1.11. The van der Waals surface area contributed by atoms with Gasteiger partial charge in [-0.25, -0.2) is 0 Å². The molecular formula is C3H5Cl3Si. The number of halogens is 3. The van der Waals surface area contributed by atoms with Crippen LogP contribution < -0.4 is 0 Å². The second-order valence-corrected chi connectivity index (χ2v) is 3.42. The molecule has 0 aromatic rings. The van der Waals surface area contributed by atoms with E-state index >= 15 is 0 Å². The standard InChI is InChI=1S/C3H5Cl3Si/c4-1-3(2-5)7-6/h3H,1-2H2. The van der Waals surface area contributed by atoms with E-state index in [2.05, 4.69) is 0 Å². The van der Waals surface area contributed by atoms with E-state index in [0.29, 0.717) is 26.1 Å². The zero-order valence-corrected chi connectivity index (χ0v) is 6.89. The minimum absolute atomic E-state index is 0.310. The third-order valence-electron chi connectivity index (χ3n) is 0.527. The average Bonchev–Trinajstić information content (AvgIpc) is 1.72. The molecule has 0 aliphatic carbocycles. The summed E-state index contributed by atoms with van der Waals surface area (Å²) in [7, 11) is 0.357. The third kappa shape index (κ3) is 3.65. The molecule has 2 radical (unpaired) electrons. The zero-order valence-electron chi connectivity index (χ0n) is 3.63. The van der Waals surface area contributed by atoms with Gasteiger partial charge in [-0.15, -0.1) is 23.2 Å². The summed E-state index contributed by atoms with van der Waals surface area (Å²) >= 11 is 16.2. The smallest absolute Gasteiger partial charge is 0.171 e. The van der Waals surface area contributed by atoms with Crippen molar-refractivity contribution >= 4 is 43.1 Å². The fourth-order valence-corrected chi connectivity index (χ4v) is 1.95. The lowest BCUT2D eigenvalue weighted by Crippen LogP contribution is -2.00. The molecule has 0 aromatic carbocycles. The Morgan fingerprint density at radius 3 is 1.71 bits per heavy atom. The summed E-state index contributed by atoms with van der Waals surface area (Å²) in [5.74, 6) is 1.15. The van der Waals surface area contributed by atoms with E-state index in [4.69, 9.17) is 34.3 Å². The van der Waals surface area contributed by atoms with Crippen molar-refractivity contribution in [2.45, 2.75) is 5.54 Å². The molecule has 0 atom stereocenters. The van der Waals surface area contributed by atoms with Gasteiger partial charge < -0.3 is 0 Å². The highest BCUT2D eigenvalue weighted by Gasteiger charge is 2.02. The van der Waals surface area contributed by atoms with Crippen molar-refractivity contribution in [2.24, 2.45) is 0 Å². The average molecular weight is 176 g/mol. The van der Waals surface area contributed by atoms with Gasteiger partial charge in [0.2, 0.25) is 0 Å². The predicted octanol–water partition coefficient (Wildman–Crippen LogP) is 2.11. The Morgan fingerprint density at radius 1 is 1.29 bits per heavy atom. The van der Waals surface area contributed by atoms with Crippen LogP contribution in [-0.4, -0.2) is 20.6 Å². The van der Waals surface area contributed by atoms with Crippen LogP contribution in [0.1, 0.15) is 0 Å². The summed E-state index contributed by atoms with van der Waals surface area (Å²) < 4.78 is 0. The normalized spacial score (nSPS) is 10.3. The molecule has 0 fully saturated rings. The topological polar surface area (TPSA) is 0 Å². The maximum absolute atomic E-state index is 5.43. The first-order valence-electron chi connectivity index (χ1n) is 1.83. The van der Waals surface area contributed by atoms with Gasteiger partial charge >= 0.3 is 0 Å². The van der Waals surface area contributed by atoms with E-state index in [9.17, 15) is 0 Å². The lowest BCUT2D eigenvalue weighted by atomic mass is 10.5. The van der Waals surface area contributed by atoms with Crippen LogP contribution in [0.5, 0.6) is 0 Å². The Balaban J connectivity index is 2.99. The maximum atomic E-state index is 5.43. The highest BCUT2D eigenvalue weighted by atomic mass is 35.6. The SMILES string of the molecule is ClCC(CCl)[Si]Cl. The largest absolute Gasteiger partial charge is 0.177 e. The van der Waals surface area contributed by atoms with Crippen LogP contribution in [0.25, 0.3) is 0 Å². The van der Waals surface area contributed by atoms with Crippen LogP contribution >= 0.6 is 34.3 Å².